The molecule has 0 saturated carbocycles. The molecule has 0 fully saturated rings. The summed E-state index contributed by atoms with van der Waals surface area (Å²) < 4.78 is 0. The van der Waals surface area contributed by atoms with Crippen LogP contribution in [0.1, 0.15) is 32.8 Å². The van der Waals surface area contributed by atoms with Crippen molar-refractivity contribution in [1.29, 1.82) is 0 Å². The summed E-state index contributed by atoms with van der Waals surface area (Å²) in [6, 6.07) is 2.06. The van der Waals surface area contributed by atoms with E-state index >= 15 is 0 Å². The van der Waals surface area contributed by atoms with Crippen molar-refractivity contribution in [3.05, 3.63) is 22.8 Å². The van der Waals surface area contributed by atoms with Gasteiger partial charge in [-0.1, -0.05) is 25.4 Å². The van der Waals surface area contributed by atoms with Gasteiger partial charge in [0.25, 0.3) is 0 Å². The second-order valence-corrected chi connectivity index (χ2v) is 5.16. The number of aliphatic hydroxyl groups is 1. The number of pyridine rings is 1. The van der Waals surface area contributed by atoms with Crippen LogP contribution in [0.2, 0.25) is 5.02 Å². The number of aromatic nitrogens is 1. The molecule has 17 heavy (non-hydrogen) atoms. The van der Waals surface area contributed by atoms with Crippen molar-refractivity contribution in [2.45, 2.75) is 38.8 Å². The first-order valence-electron chi connectivity index (χ1n) is 5.70. The van der Waals surface area contributed by atoms with E-state index in [-0.39, 0.29) is 0 Å². The topological polar surface area (TPSA) is 71.2 Å². The van der Waals surface area contributed by atoms with E-state index in [9.17, 15) is 5.11 Å². The number of nitrogens with one attached hydrogen (secondary N) is 1. The van der Waals surface area contributed by atoms with E-state index in [1.165, 1.54) is 6.20 Å². The molecule has 96 valence electrons. The first-order chi connectivity index (χ1) is 7.83. The molecule has 0 spiro atoms. The molecule has 5 heteroatoms. The Bertz CT molecular complexity index is 380. The molecule has 1 unspecified atom stereocenters. The molecule has 4 nitrogen and oxygen atoms in total. The highest BCUT2D eigenvalue weighted by Crippen LogP contribution is 2.29. The lowest BCUT2D eigenvalue weighted by atomic mass is 9.93. The van der Waals surface area contributed by atoms with Crippen molar-refractivity contribution >= 4 is 17.4 Å². The molecule has 0 bridgehead atoms. The van der Waals surface area contributed by atoms with Gasteiger partial charge in [-0.25, -0.2) is 4.98 Å². The van der Waals surface area contributed by atoms with Gasteiger partial charge in [-0.15, -0.1) is 0 Å². The largest absolute Gasteiger partial charge is 0.385 e. The molecular weight excluding hydrogens is 238 g/mol. The van der Waals surface area contributed by atoms with E-state index < -0.39 is 5.60 Å². The zero-order chi connectivity index (χ0) is 13.1. The third kappa shape index (κ3) is 4.15. The summed E-state index contributed by atoms with van der Waals surface area (Å²) in [6.07, 6.45) is 2.03. The Balaban J connectivity index is 2.77. The third-order valence-electron chi connectivity index (χ3n) is 2.63. The Morgan fingerprint density at radius 3 is 2.82 bits per heavy atom. The lowest BCUT2D eigenvalue weighted by molar-refractivity contribution is 0.0480. The van der Waals surface area contributed by atoms with Gasteiger partial charge in [-0.2, -0.15) is 0 Å². The van der Waals surface area contributed by atoms with E-state index in [1.54, 1.807) is 13.0 Å². The highest BCUT2D eigenvalue weighted by Gasteiger charge is 2.26. The number of nitrogens with two attached hydrogens (primary N) is 1. The predicted molar refractivity (Wildman–Crippen MR) is 71.0 cm³/mol. The minimum Gasteiger partial charge on any atom is -0.385 e. The second kappa shape index (κ2) is 5.67. The number of anilines is 1. The van der Waals surface area contributed by atoms with Crippen LogP contribution < -0.4 is 11.1 Å². The van der Waals surface area contributed by atoms with Gasteiger partial charge in [0.2, 0.25) is 0 Å². The molecule has 1 heterocycles. The van der Waals surface area contributed by atoms with Gasteiger partial charge in [0.05, 0.1) is 10.6 Å². The summed E-state index contributed by atoms with van der Waals surface area (Å²) in [6.45, 7) is 6.55. The molecule has 1 aromatic rings. The average Bonchev–Trinajstić information content (AvgIpc) is 2.20. The van der Waals surface area contributed by atoms with Gasteiger partial charge in [0.15, 0.2) is 0 Å². The molecule has 0 radical (unpaired) electrons. The molecule has 4 N–H and O–H groups in total. The van der Waals surface area contributed by atoms with E-state index in [0.29, 0.717) is 35.4 Å². The lowest BCUT2D eigenvalue weighted by Crippen LogP contribution is -2.31. The van der Waals surface area contributed by atoms with Crippen LogP contribution in [-0.4, -0.2) is 22.7 Å². The number of hydrogen-bond acceptors (Lipinski definition) is 4. The van der Waals surface area contributed by atoms with E-state index in [2.05, 4.69) is 24.1 Å². The van der Waals surface area contributed by atoms with Crippen molar-refractivity contribution in [2.75, 3.05) is 12.3 Å². The van der Waals surface area contributed by atoms with Gasteiger partial charge in [0.1, 0.15) is 5.82 Å². The maximum absolute atomic E-state index is 10.4. The van der Waals surface area contributed by atoms with Gasteiger partial charge < -0.3 is 16.2 Å². The highest BCUT2D eigenvalue weighted by atomic mass is 35.5. The minimum absolute atomic E-state index is 0.323. The van der Waals surface area contributed by atoms with Crippen molar-refractivity contribution in [1.82, 2.24) is 10.3 Å². The molecule has 1 atom stereocenters. The Morgan fingerprint density at radius 1 is 1.59 bits per heavy atom. The number of nitrogens with zero attached hydrogens (tertiary/aromatic N) is 1. The van der Waals surface area contributed by atoms with Crippen molar-refractivity contribution in [2.24, 2.45) is 0 Å². The SMILES string of the molecule is CC(C)NCCC(C)(O)c1cc(Cl)cnc1N. The number of nitrogen functional groups attached to an aromatic ring is 1. The van der Waals surface area contributed by atoms with Crippen LogP contribution in [0.15, 0.2) is 12.3 Å². The van der Waals surface area contributed by atoms with Crippen LogP contribution in [0.4, 0.5) is 5.82 Å². The molecule has 0 aromatic carbocycles. The molecule has 1 rings (SSSR count). The first-order valence-corrected chi connectivity index (χ1v) is 6.08. The zero-order valence-electron chi connectivity index (χ0n) is 10.5. The Kier molecular flexibility index (Phi) is 4.74. The molecule has 0 aliphatic carbocycles. The van der Waals surface area contributed by atoms with E-state index in [0.717, 1.165) is 0 Å². The van der Waals surface area contributed by atoms with Gasteiger partial charge >= 0.3 is 0 Å². The fourth-order valence-electron chi connectivity index (χ4n) is 1.62. The minimum atomic E-state index is -1.02. The Hall–Kier alpha value is -0.840. The van der Waals surface area contributed by atoms with Crippen LogP contribution in [0.25, 0.3) is 0 Å². The zero-order valence-corrected chi connectivity index (χ0v) is 11.3. The average molecular weight is 258 g/mol. The molecule has 0 aliphatic rings. The Morgan fingerprint density at radius 2 is 2.24 bits per heavy atom. The molecule has 0 aliphatic heterocycles. The van der Waals surface area contributed by atoms with Crippen LogP contribution in [0.5, 0.6) is 0 Å². The van der Waals surface area contributed by atoms with E-state index in [4.69, 9.17) is 17.3 Å². The monoisotopic (exact) mass is 257 g/mol. The number of rotatable bonds is 5. The van der Waals surface area contributed by atoms with Crippen molar-refractivity contribution in [3.8, 4) is 0 Å². The summed E-state index contributed by atoms with van der Waals surface area (Å²) in [7, 11) is 0. The maximum atomic E-state index is 10.4. The standard InChI is InChI=1S/C12H20ClN3O/c1-8(2)15-5-4-12(3,17)10-6-9(13)7-16-11(10)14/h6-8,15,17H,4-5H2,1-3H3,(H2,14,16). The fraction of sp³-hybridized carbons (Fsp3) is 0.583. The fourth-order valence-corrected chi connectivity index (χ4v) is 1.78. The summed E-state index contributed by atoms with van der Waals surface area (Å²) in [5, 5.41) is 14.1. The maximum Gasteiger partial charge on any atom is 0.129 e. The molecule has 0 amide bonds. The van der Waals surface area contributed by atoms with E-state index in [1.807, 2.05) is 0 Å². The first kappa shape index (κ1) is 14.2. The van der Waals surface area contributed by atoms with Crippen LogP contribution in [0, 0.1) is 0 Å². The molecule has 0 saturated heterocycles. The van der Waals surface area contributed by atoms with Crippen LogP contribution >= 0.6 is 11.6 Å². The van der Waals surface area contributed by atoms with Crippen LogP contribution in [-0.2, 0) is 5.60 Å². The van der Waals surface area contributed by atoms with Gasteiger partial charge in [-0.3, -0.25) is 0 Å². The van der Waals surface area contributed by atoms with Gasteiger partial charge in [0, 0.05) is 17.8 Å². The second-order valence-electron chi connectivity index (χ2n) is 4.72. The Labute approximate surface area is 107 Å². The summed E-state index contributed by atoms with van der Waals surface area (Å²) in [5.41, 5.74) is 5.31. The van der Waals surface area contributed by atoms with Gasteiger partial charge in [-0.05, 0) is 26.0 Å². The number of halogens is 1. The predicted octanol–water partition coefficient (Wildman–Crippen LogP) is 1.91. The quantitative estimate of drug-likeness (QED) is 0.754. The van der Waals surface area contributed by atoms with Crippen molar-refractivity contribution in [3.63, 3.8) is 0 Å². The number of hydrogen-bond donors (Lipinski definition) is 3. The summed E-state index contributed by atoms with van der Waals surface area (Å²) in [5.74, 6) is 0.323. The summed E-state index contributed by atoms with van der Waals surface area (Å²) >= 11 is 5.86. The highest BCUT2D eigenvalue weighted by molar-refractivity contribution is 6.30. The lowest BCUT2D eigenvalue weighted by Gasteiger charge is -2.25. The molecule has 1 aromatic heterocycles. The van der Waals surface area contributed by atoms with Crippen molar-refractivity contribution < 1.29 is 5.11 Å². The molecular formula is C12H20ClN3O. The van der Waals surface area contributed by atoms with Crippen LogP contribution in [0.3, 0.4) is 0 Å². The smallest absolute Gasteiger partial charge is 0.129 e. The third-order valence-corrected chi connectivity index (χ3v) is 2.84. The normalized spacial score (nSPS) is 14.9. The summed E-state index contributed by atoms with van der Waals surface area (Å²) in [4.78, 5) is 3.95.